The van der Waals surface area contributed by atoms with Crippen LogP contribution in [0.1, 0.15) is 78.6 Å². The number of rotatable bonds is 0. The second kappa shape index (κ2) is 4.73. The van der Waals surface area contributed by atoms with Crippen LogP contribution in [-0.4, -0.2) is 6.04 Å². The molecule has 4 unspecified atom stereocenters. The summed E-state index contributed by atoms with van der Waals surface area (Å²) in [6.07, 6.45) is 13.1. The Morgan fingerprint density at radius 3 is 2.33 bits per heavy atom. The van der Waals surface area contributed by atoms with Gasteiger partial charge in [-0.1, -0.05) is 20.8 Å². The van der Waals surface area contributed by atoms with Crippen molar-refractivity contribution in [3.63, 3.8) is 0 Å². The van der Waals surface area contributed by atoms with E-state index < -0.39 is 0 Å². The molecule has 120 valence electrons. The molecule has 1 heteroatoms. The van der Waals surface area contributed by atoms with Gasteiger partial charge in [0.05, 0.1) is 0 Å². The van der Waals surface area contributed by atoms with E-state index in [1.807, 2.05) is 0 Å². The summed E-state index contributed by atoms with van der Waals surface area (Å²) in [5.74, 6) is 5.01. The first-order valence-electron chi connectivity index (χ1n) is 9.71. The lowest BCUT2D eigenvalue weighted by Gasteiger charge is -2.61. The summed E-state index contributed by atoms with van der Waals surface area (Å²) in [5, 5.41) is 0. The average molecular weight is 290 g/mol. The standard InChI is InChI=1S/C20H35N/c1-13-4-7-17-16-6-5-14-12-15(21)8-10-20(14,3)18(16)9-11-19(13,17)2/h13-18H,4-12,21H2,1-3H3/t13-,14?,15-,16?,17?,18?,19+,20-/m0/s1. The molecule has 4 saturated carbocycles. The molecular weight excluding hydrogens is 254 g/mol. The minimum Gasteiger partial charge on any atom is -0.328 e. The summed E-state index contributed by atoms with van der Waals surface area (Å²) in [4.78, 5) is 0. The normalized spacial score (nSPS) is 60.0. The highest BCUT2D eigenvalue weighted by molar-refractivity contribution is 5.08. The summed E-state index contributed by atoms with van der Waals surface area (Å²) in [6, 6.07) is 0.500. The molecule has 0 amide bonds. The van der Waals surface area contributed by atoms with Gasteiger partial charge in [-0.05, 0) is 98.2 Å². The molecule has 0 saturated heterocycles. The van der Waals surface area contributed by atoms with Crippen molar-refractivity contribution in [2.45, 2.75) is 84.6 Å². The molecule has 0 bridgehead atoms. The number of hydrogen-bond acceptors (Lipinski definition) is 1. The lowest BCUT2D eigenvalue weighted by Crippen LogP contribution is -2.54. The van der Waals surface area contributed by atoms with E-state index in [1.54, 1.807) is 0 Å². The highest BCUT2D eigenvalue weighted by Gasteiger charge is 2.59. The molecule has 0 aromatic heterocycles. The Bertz CT molecular complexity index is 418. The van der Waals surface area contributed by atoms with Gasteiger partial charge in [-0.3, -0.25) is 0 Å². The second-order valence-corrected chi connectivity index (χ2v) is 9.71. The minimum absolute atomic E-state index is 0.500. The van der Waals surface area contributed by atoms with Crippen molar-refractivity contribution in [3.8, 4) is 0 Å². The molecule has 0 aromatic rings. The SMILES string of the molecule is C[C@H]1CCC2C3CCC4C[C@@H](N)CC[C@]4(C)C3CC[C@@]21C. The lowest BCUT2D eigenvalue weighted by atomic mass is 9.44. The summed E-state index contributed by atoms with van der Waals surface area (Å²) >= 11 is 0. The molecule has 1 nitrogen and oxygen atoms in total. The van der Waals surface area contributed by atoms with Crippen LogP contribution in [0.5, 0.6) is 0 Å². The van der Waals surface area contributed by atoms with E-state index in [4.69, 9.17) is 5.73 Å². The predicted molar refractivity (Wildman–Crippen MR) is 88.9 cm³/mol. The van der Waals surface area contributed by atoms with Crippen molar-refractivity contribution < 1.29 is 0 Å². The minimum atomic E-state index is 0.500. The largest absolute Gasteiger partial charge is 0.328 e. The molecule has 0 spiro atoms. The Kier molecular flexibility index (Phi) is 3.27. The van der Waals surface area contributed by atoms with E-state index in [0.29, 0.717) is 16.9 Å². The van der Waals surface area contributed by atoms with Crippen LogP contribution >= 0.6 is 0 Å². The van der Waals surface area contributed by atoms with Gasteiger partial charge in [-0.2, -0.15) is 0 Å². The second-order valence-electron chi connectivity index (χ2n) is 9.71. The van der Waals surface area contributed by atoms with Crippen molar-refractivity contribution in [2.24, 2.45) is 46.2 Å². The number of fused-ring (bicyclic) bond motifs is 5. The molecular formula is C20H35N. The fraction of sp³-hybridized carbons (Fsp3) is 1.00. The van der Waals surface area contributed by atoms with E-state index in [-0.39, 0.29) is 0 Å². The lowest BCUT2D eigenvalue weighted by molar-refractivity contribution is -0.111. The van der Waals surface area contributed by atoms with E-state index in [9.17, 15) is 0 Å². The molecule has 4 rings (SSSR count). The van der Waals surface area contributed by atoms with Gasteiger partial charge in [-0.15, -0.1) is 0 Å². The molecule has 8 atom stereocenters. The molecule has 0 radical (unpaired) electrons. The quantitative estimate of drug-likeness (QED) is 0.668. The summed E-state index contributed by atoms with van der Waals surface area (Å²) in [5.41, 5.74) is 7.60. The predicted octanol–water partition coefficient (Wildman–Crippen LogP) is 4.99. The summed E-state index contributed by atoms with van der Waals surface area (Å²) in [7, 11) is 0. The molecule has 4 fully saturated rings. The molecule has 0 heterocycles. The fourth-order valence-corrected chi connectivity index (χ4v) is 7.55. The summed E-state index contributed by atoms with van der Waals surface area (Å²) < 4.78 is 0. The van der Waals surface area contributed by atoms with Crippen LogP contribution in [0.2, 0.25) is 0 Å². The zero-order chi connectivity index (χ0) is 14.8. The molecule has 4 aliphatic rings. The van der Waals surface area contributed by atoms with Crippen LogP contribution in [-0.2, 0) is 0 Å². The maximum Gasteiger partial charge on any atom is 0.00418 e. The van der Waals surface area contributed by atoms with Crippen LogP contribution in [0, 0.1) is 40.4 Å². The maximum atomic E-state index is 6.29. The Labute approximate surface area is 131 Å². The highest BCUT2D eigenvalue weighted by atomic mass is 14.7. The van der Waals surface area contributed by atoms with Crippen molar-refractivity contribution in [1.29, 1.82) is 0 Å². The average Bonchev–Trinajstić information content (AvgIpc) is 2.76. The highest BCUT2D eigenvalue weighted by Crippen LogP contribution is 2.67. The van der Waals surface area contributed by atoms with Crippen molar-refractivity contribution in [1.82, 2.24) is 0 Å². The first-order chi connectivity index (χ1) is 9.95. The molecule has 0 aromatic carbocycles. The third-order valence-corrected chi connectivity index (χ3v) is 9.18. The van der Waals surface area contributed by atoms with Gasteiger partial charge in [-0.25, -0.2) is 0 Å². The number of hydrogen-bond donors (Lipinski definition) is 1. The molecule has 4 aliphatic carbocycles. The molecule has 0 aliphatic heterocycles. The summed E-state index contributed by atoms with van der Waals surface area (Å²) in [6.45, 7) is 7.82. The smallest absolute Gasteiger partial charge is 0.00418 e. The van der Waals surface area contributed by atoms with E-state index in [0.717, 1.165) is 29.6 Å². The van der Waals surface area contributed by atoms with Gasteiger partial charge in [0.1, 0.15) is 0 Å². The third-order valence-electron chi connectivity index (χ3n) is 9.18. The first-order valence-corrected chi connectivity index (χ1v) is 9.71. The van der Waals surface area contributed by atoms with Crippen molar-refractivity contribution in [3.05, 3.63) is 0 Å². The third kappa shape index (κ3) is 1.92. The molecule has 21 heavy (non-hydrogen) atoms. The van der Waals surface area contributed by atoms with Crippen LogP contribution in [0.25, 0.3) is 0 Å². The van der Waals surface area contributed by atoms with Gasteiger partial charge in [0.15, 0.2) is 0 Å². The topological polar surface area (TPSA) is 26.0 Å². The Balaban J connectivity index is 1.62. The van der Waals surface area contributed by atoms with Gasteiger partial charge in [0, 0.05) is 6.04 Å². The first kappa shape index (κ1) is 14.5. The maximum absolute atomic E-state index is 6.29. The van der Waals surface area contributed by atoms with Crippen LogP contribution in [0.15, 0.2) is 0 Å². The van der Waals surface area contributed by atoms with Gasteiger partial charge in [0.25, 0.3) is 0 Å². The van der Waals surface area contributed by atoms with E-state index in [2.05, 4.69) is 20.8 Å². The van der Waals surface area contributed by atoms with Gasteiger partial charge >= 0.3 is 0 Å². The molecule has 2 N–H and O–H groups in total. The Hall–Kier alpha value is -0.0400. The van der Waals surface area contributed by atoms with Crippen LogP contribution < -0.4 is 5.73 Å². The zero-order valence-corrected chi connectivity index (χ0v) is 14.4. The van der Waals surface area contributed by atoms with E-state index >= 15 is 0 Å². The van der Waals surface area contributed by atoms with Crippen molar-refractivity contribution >= 4 is 0 Å². The van der Waals surface area contributed by atoms with Crippen LogP contribution in [0.4, 0.5) is 0 Å². The Morgan fingerprint density at radius 2 is 1.52 bits per heavy atom. The van der Waals surface area contributed by atoms with Gasteiger partial charge in [0.2, 0.25) is 0 Å². The van der Waals surface area contributed by atoms with Crippen molar-refractivity contribution in [2.75, 3.05) is 0 Å². The number of nitrogens with two attached hydrogens (primary N) is 1. The van der Waals surface area contributed by atoms with E-state index in [1.165, 1.54) is 57.8 Å². The van der Waals surface area contributed by atoms with Crippen LogP contribution in [0.3, 0.4) is 0 Å². The zero-order valence-electron chi connectivity index (χ0n) is 14.4. The van der Waals surface area contributed by atoms with Gasteiger partial charge < -0.3 is 5.73 Å². The Morgan fingerprint density at radius 1 is 0.810 bits per heavy atom. The monoisotopic (exact) mass is 289 g/mol. The fourth-order valence-electron chi connectivity index (χ4n) is 7.55.